The van der Waals surface area contributed by atoms with E-state index < -0.39 is 0 Å². The Morgan fingerprint density at radius 1 is 0.950 bits per heavy atom. The van der Waals surface area contributed by atoms with Crippen LogP contribution in [0.2, 0.25) is 15.1 Å². The SMILES string of the molecule is Cc1cc(Cl)c(C(=O)c2cc(N)c(Cl)c(Cl)c2)cc1C. The minimum absolute atomic E-state index is 0.233. The number of anilines is 1. The molecular weight excluding hydrogens is 317 g/mol. The summed E-state index contributed by atoms with van der Waals surface area (Å²) in [7, 11) is 0. The van der Waals surface area contributed by atoms with Crippen LogP contribution in [0.15, 0.2) is 24.3 Å². The summed E-state index contributed by atoms with van der Waals surface area (Å²) >= 11 is 18.0. The summed E-state index contributed by atoms with van der Waals surface area (Å²) in [4.78, 5) is 12.5. The fourth-order valence-electron chi connectivity index (χ4n) is 1.85. The van der Waals surface area contributed by atoms with Crippen LogP contribution in [0.3, 0.4) is 0 Å². The maximum atomic E-state index is 12.5. The van der Waals surface area contributed by atoms with Crippen LogP contribution in [-0.4, -0.2) is 5.78 Å². The molecule has 0 aliphatic rings. The van der Waals surface area contributed by atoms with Crippen molar-refractivity contribution in [2.45, 2.75) is 13.8 Å². The van der Waals surface area contributed by atoms with Crippen molar-refractivity contribution in [3.8, 4) is 0 Å². The third-order valence-electron chi connectivity index (χ3n) is 3.15. The molecule has 2 nitrogen and oxygen atoms in total. The van der Waals surface area contributed by atoms with Crippen molar-refractivity contribution in [3.05, 3.63) is 61.6 Å². The van der Waals surface area contributed by atoms with Crippen molar-refractivity contribution in [3.63, 3.8) is 0 Å². The highest BCUT2D eigenvalue weighted by Crippen LogP contribution is 2.31. The zero-order valence-electron chi connectivity index (χ0n) is 10.9. The summed E-state index contributed by atoms with van der Waals surface area (Å²) in [6, 6.07) is 6.53. The summed E-state index contributed by atoms with van der Waals surface area (Å²) in [5.41, 5.74) is 8.80. The van der Waals surface area contributed by atoms with Crippen LogP contribution in [0.1, 0.15) is 27.0 Å². The lowest BCUT2D eigenvalue weighted by Gasteiger charge is -2.09. The lowest BCUT2D eigenvalue weighted by atomic mass is 9.99. The quantitative estimate of drug-likeness (QED) is 0.617. The molecule has 0 atom stereocenters. The summed E-state index contributed by atoms with van der Waals surface area (Å²) < 4.78 is 0. The molecule has 5 heteroatoms. The number of halogens is 3. The van der Waals surface area contributed by atoms with E-state index in [0.717, 1.165) is 11.1 Å². The van der Waals surface area contributed by atoms with Crippen LogP contribution in [0, 0.1) is 13.8 Å². The first-order valence-electron chi connectivity index (χ1n) is 5.87. The van der Waals surface area contributed by atoms with Gasteiger partial charge in [-0.05, 0) is 49.2 Å². The van der Waals surface area contributed by atoms with Gasteiger partial charge in [0.05, 0.1) is 20.8 Å². The van der Waals surface area contributed by atoms with Crippen LogP contribution >= 0.6 is 34.8 Å². The van der Waals surface area contributed by atoms with E-state index in [1.807, 2.05) is 13.8 Å². The molecule has 0 radical (unpaired) electrons. The van der Waals surface area contributed by atoms with E-state index in [4.69, 9.17) is 40.5 Å². The first kappa shape index (κ1) is 15.2. The lowest BCUT2D eigenvalue weighted by molar-refractivity contribution is 0.103. The van der Waals surface area contributed by atoms with E-state index in [9.17, 15) is 4.79 Å². The summed E-state index contributed by atoms with van der Waals surface area (Å²) in [6.07, 6.45) is 0. The molecule has 0 heterocycles. The Kier molecular flexibility index (Phi) is 4.28. The van der Waals surface area contributed by atoms with Gasteiger partial charge in [0, 0.05) is 11.1 Å². The van der Waals surface area contributed by atoms with Crippen LogP contribution in [0.25, 0.3) is 0 Å². The second-order valence-electron chi connectivity index (χ2n) is 4.61. The standard InChI is InChI=1S/C15H12Cl3NO/c1-7-3-10(11(16)4-8(7)2)15(20)9-5-12(17)14(18)13(19)6-9/h3-6H,19H2,1-2H3. The van der Waals surface area contributed by atoms with Gasteiger partial charge in [-0.2, -0.15) is 0 Å². The molecule has 0 bridgehead atoms. The highest BCUT2D eigenvalue weighted by molar-refractivity contribution is 6.44. The van der Waals surface area contributed by atoms with Gasteiger partial charge in [-0.25, -0.2) is 0 Å². The zero-order chi connectivity index (χ0) is 15.0. The molecule has 0 aliphatic carbocycles. The number of aryl methyl sites for hydroxylation is 2. The fraction of sp³-hybridized carbons (Fsp3) is 0.133. The highest BCUT2D eigenvalue weighted by atomic mass is 35.5. The molecule has 2 aromatic carbocycles. The van der Waals surface area contributed by atoms with Crippen LogP contribution in [0.5, 0.6) is 0 Å². The number of rotatable bonds is 2. The number of benzene rings is 2. The maximum absolute atomic E-state index is 12.5. The van der Waals surface area contributed by atoms with Crippen LogP contribution in [0.4, 0.5) is 5.69 Å². The van der Waals surface area contributed by atoms with Crippen molar-refractivity contribution in [2.75, 3.05) is 5.73 Å². The molecule has 2 N–H and O–H groups in total. The molecule has 0 aromatic heterocycles. The largest absolute Gasteiger partial charge is 0.397 e. The average Bonchev–Trinajstić information content (AvgIpc) is 2.38. The molecule has 0 spiro atoms. The van der Waals surface area contributed by atoms with Gasteiger partial charge in [0.25, 0.3) is 0 Å². The molecule has 20 heavy (non-hydrogen) atoms. The van der Waals surface area contributed by atoms with E-state index in [2.05, 4.69) is 0 Å². The Bertz CT molecular complexity index is 688. The molecule has 104 valence electrons. The second kappa shape index (κ2) is 5.65. The molecule has 0 fully saturated rings. The number of hydrogen-bond acceptors (Lipinski definition) is 2. The minimum Gasteiger partial charge on any atom is -0.397 e. The summed E-state index contributed by atoms with van der Waals surface area (Å²) in [6.45, 7) is 3.86. The normalized spacial score (nSPS) is 10.7. The predicted octanol–water partition coefficient (Wildman–Crippen LogP) is 5.08. The molecule has 2 aromatic rings. The second-order valence-corrected chi connectivity index (χ2v) is 5.80. The van der Waals surface area contributed by atoms with Gasteiger partial charge in [-0.15, -0.1) is 0 Å². The molecule has 0 aliphatic heterocycles. The van der Waals surface area contributed by atoms with Crippen molar-refractivity contribution in [2.24, 2.45) is 0 Å². The number of nitrogen functional groups attached to an aromatic ring is 1. The Morgan fingerprint density at radius 3 is 2.15 bits per heavy atom. The minimum atomic E-state index is -0.233. The smallest absolute Gasteiger partial charge is 0.194 e. The lowest BCUT2D eigenvalue weighted by Crippen LogP contribution is -2.05. The summed E-state index contributed by atoms with van der Waals surface area (Å²) in [5, 5.41) is 0.895. The average molecular weight is 329 g/mol. The molecule has 0 amide bonds. The van der Waals surface area contributed by atoms with Gasteiger partial charge < -0.3 is 5.73 Å². The van der Waals surface area contributed by atoms with Gasteiger partial charge in [0.15, 0.2) is 5.78 Å². The molecule has 0 saturated heterocycles. The fourth-order valence-corrected chi connectivity index (χ4v) is 2.49. The third kappa shape index (κ3) is 2.78. The summed E-state index contributed by atoms with van der Waals surface area (Å²) in [5.74, 6) is -0.233. The van der Waals surface area contributed by atoms with Gasteiger partial charge in [0.1, 0.15) is 0 Å². The Labute approximate surface area is 132 Å². The topological polar surface area (TPSA) is 43.1 Å². The van der Waals surface area contributed by atoms with E-state index >= 15 is 0 Å². The number of ketones is 1. The number of carbonyl (C=O) groups excluding carboxylic acids is 1. The van der Waals surface area contributed by atoms with E-state index in [-0.39, 0.29) is 21.5 Å². The van der Waals surface area contributed by atoms with E-state index in [0.29, 0.717) is 16.1 Å². The Morgan fingerprint density at radius 2 is 1.55 bits per heavy atom. The van der Waals surface area contributed by atoms with E-state index in [1.165, 1.54) is 12.1 Å². The van der Waals surface area contributed by atoms with Crippen molar-refractivity contribution in [1.29, 1.82) is 0 Å². The number of carbonyl (C=O) groups is 1. The first-order valence-corrected chi connectivity index (χ1v) is 7.00. The number of nitrogens with two attached hydrogens (primary N) is 1. The Hall–Kier alpha value is -1.22. The van der Waals surface area contributed by atoms with Gasteiger partial charge in [-0.3, -0.25) is 4.79 Å². The van der Waals surface area contributed by atoms with E-state index in [1.54, 1.807) is 12.1 Å². The van der Waals surface area contributed by atoms with Crippen molar-refractivity contribution >= 4 is 46.3 Å². The number of hydrogen-bond donors (Lipinski definition) is 1. The first-order chi connectivity index (χ1) is 9.31. The van der Waals surface area contributed by atoms with Gasteiger partial charge >= 0.3 is 0 Å². The molecule has 0 saturated carbocycles. The van der Waals surface area contributed by atoms with Gasteiger partial charge in [0.2, 0.25) is 0 Å². The third-order valence-corrected chi connectivity index (χ3v) is 4.28. The maximum Gasteiger partial charge on any atom is 0.194 e. The van der Waals surface area contributed by atoms with Crippen LogP contribution < -0.4 is 5.73 Å². The highest BCUT2D eigenvalue weighted by Gasteiger charge is 2.16. The van der Waals surface area contributed by atoms with Crippen LogP contribution in [-0.2, 0) is 0 Å². The molecule has 2 rings (SSSR count). The van der Waals surface area contributed by atoms with Crippen molar-refractivity contribution < 1.29 is 4.79 Å². The monoisotopic (exact) mass is 327 g/mol. The predicted molar refractivity (Wildman–Crippen MR) is 85.2 cm³/mol. The van der Waals surface area contributed by atoms with Crippen molar-refractivity contribution in [1.82, 2.24) is 0 Å². The zero-order valence-corrected chi connectivity index (χ0v) is 13.2. The van der Waals surface area contributed by atoms with Gasteiger partial charge in [-0.1, -0.05) is 34.8 Å². The molecule has 0 unspecified atom stereocenters. The molecular formula is C15H12Cl3NO. The Balaban J connectivity index is 2.55.